The van der Waals surface area contributed by atoms with Gasteiger partial charge in [0.05, 0.1) is 6.10 Å². The van der Waals surface area contributed by atoms with Crippen LogP contribution in [0.1, 0.15) is 30.6 Å². The van der Waals surface area contributed by atoms with Crippen molar-refractivity contribution in [2.45, 2.75) is 25.9 Å². The Morgan fingerprint density at radius 2 is 1.68 bits per heavy atom. The van der Waals surface area contributed by atoms with Crippen LogP contribution in [-0.2, 0) is 6.42 Å². The van der Waals surface area contributed by atoms with Crippen LogP contribution in [0, 0.1) is 0 Å². The van der Waals surface area contributed by atoms with Gasteiger partial charge in [-0.2, -0.15) is 0 Å². The molecule has 2 aromatic carbocycles. The fraction of sp³-hybridized carbons (Fsp3) is 0.294. The predicted octanol–water partition coefficient (Wildman–Crippen LogP) is 3.78. The van der Waals surface area contributed by atoms with Crippen LogP contribution < -0.4 is 5.32 Å². The molecule has 2 nitrogen and oxygen atoms in total. The van der Waals surface area contributed by atoms with Crippen LogP contribution in [0.3, 0.4) is 0 Å². The third kappa shape index (κ3) is 4.11. The molecule has 1 unspecified atom stereocenters. The fourth-order valence-electron chi connectivity index (χ4n) is 2.18. The molecule has 0 aliphatic heterocycles. The summed E-state index contributed by atoms with van der Waals surface area (Å²) in [5.74, 6) is 0. The highest BCUT2D eigenvalue weighted by Crippen LogP contribution is 2.22. The molecule has 0 saturated carbocycles. The summed E-state index contributed by atoms with van der Waals surface area (Å²) in [7, 11) is 0. The van der Waals surface area contributed by atoms with Gasteiger partial charge in [0.25, 0.3) is 0 Å². The number of para-hydroxylation sites is 1. The average molecular weight is 255 g/mol. The van der Waals surface area contributed by atoms with Crippen LogP contribution in [0.25, 0.3) is 0 Å². The number of hydrogen-bond donors (Lipinski definition) is 2. The highest BCUT2D eigenvalue weighted by atomic mass is 16.3. The van der Waals surface area contributed by atoms with Crippen molar-refractivity contribution >= 4 is 5.69 Å². The molecular weight excluding hydrogens is 234 g/mol. The van der Waals surface area contributed by atoms with Crippen molar-refractivity contribution in [3.63, 3.8) is 0 Å². The molecule has 0 radical (unpaired) electrons. The third-order valence-corrected chi connectivity index (χ3v) is 3.21. The molecule has 2 rings (SSSR count). The van der Waals surface area contributed by atoms with Crippen LogP contribution in [0.15, 0.2) is 54.6 Å². The second kappa shape index (κ2) is 6.95. The number of benzene rings is 2. The predicted molar refractivity (Wildman–Crippen MR) is 80.3 cm³/mol. The Morgan fingerprint density at radius 3 is 2.42 bits per heavy atom. The Morgan fingerprint density at radius 1 is 1.00 bits per heavy atom. The maximum absolute atomic E-state index is 9.70. The van der Waals surface area contributed by atoms with Gasteiger partial charge in [-0.1, -0.05) is 48.5 Å². The van der Waals surface area contributed by atoms with E-state index in [0.29, 0.717) is 0 Å². The number of nitrogens with one attached hydrogen (secondary N) is 1. The Kier molecular flexibility index (Phi) is 4.99. The summed E-state index contributed by atoms with van der Waals surface area (Å²) in [4.78, 5) is 0. The molecule has 0 aliphatic carbocycles. The van der Waals surface area contributed by atoms with Gasteiger partial charge in [0.2, 0.25) is 0 Å². The molecule has 0 spiro atoms. The number of aliphatic hydroxyl groups is 1. The van der Waals surface area contributed by atoms with Crippen molar-refractivity contribution in [2.24, 2.45) is 0 Å². The molecule has 0 heterocycles. The smallest absolute Gasteiger partial charge is 0.0781 e. The monoisotopic (exact) mass is 255 g/mol. The summed E-state index contributed by atoms with van der Waals surface area (Å²) in [6, 6.07) is 18.4. The van der Waals surface area contributed by atoms with E-state index >= 15 is 0 Å². The zero-order valence-electron chi connectivity index (χ0n) is 11.3. The van der Waals surface area contributed by atoms with E-state index in [0.717, 1.165) is 30.6 Å². The number of aryl methyl sites for hydroxylation is 1. The van der Waals surface area contributed by atoms with E-state index in [1.54, 1.807) is 6.92 Å². The van der Waals surface area contributed by atoms with Crippen molar-refractivity contribution in [2.75, 3.05) is 11.9 Å². The summed E-state index contributed by atoms with van der Waals surface area (Å²) < 4.78 is 0. The van der Waals surface area contributed by atoms with E-state index in [1.165, 1.54) is 5.56 Å². The van der Waals surface area contributed by atoms with Crippen molar-refractivity contribution in [3.05, 3.63) is 65.7 Å². The number of aliphatic hydroxyl groups excluding tert-OH is 1. The first-order valence-electron chi connectivity index (χ1n) is 6.82. The highest BCUT2D eigenvalue weighted by molar-refractivity contribution is 5.51. The molecule has 2 N–H and O–H groups in total. The molecule has 1 atom stereocenters. The van der Waals surface area contributed by atoms with Crippen molar-refractivity contribution < 1.29 is 5.11 Å². The van der Waals surface area contributed by atoms with Gasteiger partial charge >= 0.3 is 0 Å². The van der Waals surface area contributed by atoms with E-state index in [2.05, 4.69) is 29.6 Å². The van der Waals surface area contributed by atoms with Crippen LogP contribution in [-0.4, -0.2) is 11.7 Å². The van der Waals surface area contributed by atoms with Crippen LogP contribution in [0.4, 0.5) is 5.69 Å². The zero-order valence-corrected chi connectivity index (χ0v) is 11.3. The SMILES string of the molecule is CC(O)c1ccccc1NCCCc1ccccc1. The molecule has 0 aliphatic rings. The molecule has 0 saturated heterocycles. The summed E-state index contributed by atoms with van der Waals surface area (Å²) in [6.45, 7) is 2.71. The molecule has 2 heteroatoms. The zero-order chi connectivity index (χ0) is 13.5. The van der Waals surface area contributed by atoms with E-state index in [4.69, 9.17) is 0 Å². The minimum atomic E-state index is -0.433. The lowest BCUT2D eigenvalue weighted by molar-refractivity contribution is 0.200. The molecular formula is C17H21NO. The van der Waals surface area contributed by atoms with Gasteiger partial charge in [0.1, 0.15) is 0 Å². The van der Waals surface area contributed by atoms with Crippen molar-refractivity contribution in [3.8, 4) is 0 Å². The fourth-order valence-corrected chi connectivity index (χ4v) is 2.18. The Bertz CT molecular complexity index is 494. The lowest BCUT2D eigenvalue weighted by Crippen LogP contribution is -2.06. The normalized spacial score (nSPS) is 12.1. The van der Waals surface area contributed by atoms with Gasteiger partial charge in [-0.15, -0.1) is 0 Å². The van der Waals surface area contributed by atoms with Crippen LogP contribution in [0.2, 0.25) is 0 Å². The standard InChI is InChI=1S/C17H21NO/c1-14(19)16-11-5-6-12-17(16)18-13-7-10-15-8-3-2-4-9-15/h2-6,8-9,11-12,14,18-19H,7,10,13H2,1H3. The summed E-state index contributed by atoms with van der Waals surface area (Å²) >= 11 is 0. The summed E-state index contributed by atoms with van der Waals surface area (Å²) in [5, 5.41) is 13.1. The van der Waals surface area contributed by atoms with Gasteiger partial charge < -0.3 is 10.4 Å². The lowest BCUT2D eigenvalue weighted by atomic mass is 10.1. The highest BCUT2D eigenvalue weighted by Gasteiger charge is 2.05. The second-order valence-corrected chi connectivity index (χ2v) is 4.78. The van der Waals surface area contributed by atoms with E-state index in [-0.39, 0.29) is 0 Å². The second-order valence-electron chi connectivity index (χ2n) is 4.78. The average Bonchev–Trinajstić information content (AvgIpc) is 2.45. The molecule has 0 bridgehead atoms. The van der Waals surface area contributed by atoms with Gasteiger partial charge in [-0.05, 0) is 31.4 Å². The maximum atomic E-state index is 9.70. The van der Waals surface area contributed by atoms with Crippen molar-refractivity contribution in [1.29, 1.82) is 0 Å². The topological polar surface area (TPSA) is 32.3 Å². The largest absolute Gasteiger partial charge is 0.389 e. The first kappa shape index (κ1) is 13.6. The van der Waals surface area contributed by atoms with E-state index < -0.39 is 6.10 Å². The molecule has 100 valence electrons. The quantitative estimate of drug-likeness (QED) is 0.770. The van der Waals surface area contributed by atoms with Crippen molar-refractivity contribution in [1.82, 2.24) is 0 Å². The molecule has 19 heavy (non-hydrogen) atoms. The third-order valence-electron chi connectivity index (χ3n) is 3.21. The first-order chi connectivity index (χ1) is 9.27. The number of rotatable bonds is 6. The lowest BCUT2D eigenvalue weighted by Gasteiger charge is -2.13. The van der Waals surface area contributed by atoms with Gasteiger partial charge in [0, 0.05) is 17.8 Å². The maximum Gasteiger partial charge on any atom is 0.0781 e. The van der Waals surface area contributed by atoms with Gasteiger partial charge in [-0.25, -0.2) is 0 Å². The Labute approximate surface area is 115 Å². The van der Waals surface area contributed by atoms with E-state index in [1.807, 2.05) is 30.3 Å². The summed E-state index contributed by atoms with van der Waals surface area (Å²) in [6.07, 6.45) is 1.72. The molecule has 0 fully saturated rings. The summed E-state index contributed by atoms with van der Waals surface area (Å²) in [5.41, 5.74) is 3.36. The first-order valence-corrected chi connectivity index (χ1v) is 6.82. The van der Waals surface area contributed by atoms with E-state index in [9.17, 15) is 5.11 Å². The van der Waals surface area contributed by atoms with Gasteiger partial charge in [0.15, 0.2) is 0 Å². The van der Waals surface area contributed by atoms with Gasteiger partial charge in [-0.3, -0.25) is 0 Å². The Balaban J connectivity index is 1.83. The minimum Gasteiger partial charge on any atom is -0.389 e. The minimum absolute atomic E-state index is 0.433. The molecule has 0 amide bonds. The number of hydrogen-bond acceptors (Lipinski definition) is 2. The molecule has 2 aromatic rings. The Hall–Kier alpha value is -1.80. The number of anilines is 1. The van der Waals surface area contributed by atoms with Crippen LogP contribution in [0.5, 0.6) is 0 Å². The van der Waals surface area contributed by atoms with Crippen LogP contribution >= 0.6 is 0 Å². The molecule has 0 aromatic heterocycles.